The maximum atomic E-state index is 10.6. The molecule has 1 aromatic heterocycles. The molecule has 1 aliphatic rings. The fourth-order valence-electron chi connectivity index (χ4n) is 2.43. The van der Waals surface area contributed by atoms with Gasteiger partial charge in [-0.1, -0.05) is 6.07 Å². The number of thiophene rings is 1. The van der Waals surface area contributed by atoms with Crippen LogP contribution in [0.3, 0.4) is 0 Å². The summed E-state index contributed by atoms with van der Waals surface area (Å²) in [6, 6.07) is 7.97. The number of rotatable bonds is 4. The largest absolute Gasteiger partial charge is 0.493 e. The van der Waals surface area contributed by atoms with Gasteiger partial charge in [0.2, 0.25) is 0 Å². The fraction of sp³-hybridized carbons (Fsp3) is 0.375. The number of halogens is 1. The molecular formula is C16H17BrO2S2. The quantitative estimate of drug-likeness (QED) is 0.821. The molecule has 0 saturated heterocycles. The van der Waals surface area contributed by atoms with Crippen LogP contribution in [0.1, 0.15) is 33.9 Å². The van der Waals surface area contributed by atoms with Crippen molar-refractivity contribution < 1.29 is 9.84 Å². The van der Waals surface area contributed by atoms with Crippen LogP contribution in [0, 0.1) is 0 Å². The smallest absolute Gasteiger partial charge is 0.133 e. The molecule has 1 aliphatic heterocycles. The summed E-state index contributed by atoms with van der Waals surface area (Å²) < 4.78 is 6.40. The van der Waals surface area contributed by atoms with Gasteiger partial charge in [-0.15, -0.1) is 11.3 Å². The molecule has 1 atom stereocenters. The zero-order chi connectivity index (χ0) is 14.8. The lowest BCUT2D eigenvalue weighted by atomic mass is 10.1. The van der Waals surface area contributed by atoms with E-state index >= 15 is 0 Å². The highest BCUT2D eigenvalue weighted by molar-refractivity contribution is 9.10. The lowest BCUT2D eigenvalue weighted by Gasteiger charge is -2.12. The van der Waals surface area contributed by atoms with E-state index in [0.717, 1.165) is 32.8 Å². The molecule has 21 heavy (non-hydrogen) atoms. The summed E-state index contributed by atoms with van der Waals surface area (Å²) in [5.41, 5.74) is 2.30. The Balaban J connectivity index is 1.86. The first-order valence-electron chi connectivity index (χ1n) is 6.98. The van der Waals surface area contributed by atoms with Gasteiger partial charge in [-0.3, -0.25) is 0 Å². The number of ether oxygens (including phenoxy) is 1. The molecule has 0 fully saturated rings. The number of aliphatic hydroxyl groups is 1. The van der Waals surface area contributed by atoms with Gasteiger partial charge in [0.15, 0.2) is 0 Å². The van der Waals surface area contributed by atoms with E-state index < -0.39 is 6.10 Å². The standard InChI is InChI=1S/C16H17BrO2S2/c1-2-19-13-4-3-10(7-12(13)17)16(18)15-8-11-9-20-6-5-14(11)21-15/h3-4,7-8,16,18H,2,5-6,9H2,1H3. The number of aryl methyl sites for hydroxylation is 1. The van der Waals surface area contributed by atoms with Gasteiger partial charge >= 0.3 is 0 Å². The Morgan fingerprint density at radius 1 is 1.38 bits per heavy atom. The Labute approximate surface area is 141 Å². The molecule has 5 heteroatoms. The van der Waals surface area contributed by atoms with Gasteiger partial charge in [0.05, 0.1) is 11.1 Å². The van der Waals surface area contributed by atoms with Crippen LogP contribution in [-0.4, -0.2) is 17.5 Å². The Bertz CT molecular complexity index is 616. The second-order valence-electron chi connectivity index (χ2n) is 4.93. The zero-order valence-corrected chi connectivity index (χ0v) is 15.0. The van der Waals surface area contributed by atoms with Crippen molar-refractivity contribution in [3.05, 3.63) is 49.6 Å². The molecule has 2 heterocycles. The maximum absolute atomic E-state index is 10.6. The molecule has 0 amide bonds. The number of benzene rings is 1. The third-order valence-corrected chi connectivity index (χ3v) is 6.40. The second-order valence-corrected chi connectivity index (χ2v) is 8.05. The monoisotopic (exact) mass is 384 g/mol. The average Bonchev–Trinajstić information content (AvgIpc) is 2.92. The minimum Gasteiger partial charge on any atom is -0.493 e. The van der Waals surface area contributed by atoms with Crippen molar-refractivity contribution in [3.8, 4) is 5.75 Å². The highest BCUT2D eigenvalue weighted by Gasteiger charge is 2.19. The highest BCUT2D eigenvalue weighted by atomic mass is 79.9. The van der Waals surface area contributed by atoms with Crippen LogP contribution < -0.4 is 4.74 Å². The summed E-state index contributed by atoms with van der Waals surface area (Å²) in [5, 5.41) is 10.6. The zero-order valence-electron chi connectivity index (χ0n) is 11.8. The summed E-state index contributed by atoms with van der Waals surface area (Å²) in [7, 11) is 0. The van der Waals surface area contributed by atoms with E-state index in [9.17, 15) is 5.11 Å². The van der Waals surface area contributed by atoms with Gasteiger partial charge < -0.3 is 9.84 Å². The average molecular weight is 385 g/mol. The topological polar surface area (TPSA) is 29.5 Å². The van der Waals surface area contributed by atoms with Gasteiger partial charge in [0.25, 0.3) is 0 Å². The molecule has 1 N–H and O–H groups in total. The summed E-state index contributed by atoms with van der Waals surface area (Å²) in [6.07, 6.45) is 0.572. The van der Waals surface area contributed by atoms with Crippen molar-refractivity contribution in [1.82, 2.24) is 0 Å². The van der Waals surface area contributed by atoms with E-state index in [2.05, 4.69) is 22.0 Å². The van der Waals surface area contributed by atoms with Crippen molar-refractivity contribution in [2.75, 3.05) is 12.4 Å². The van der Waals surface area contributed by atoms with E-state index in [1.807, 2.05) is 36.9 Å². The first kappa shape index (κ1) is 15.4. The normalized spacial score (nSPS) is 15.6. The third-order valence-electron chi connectivity index (χ3n) is 3.49. The summed E-state index contributed by atoms with van der Waals surface area (Å²) in [4.78, 5) is 2.48. The second kappa shape index (κ2) is 6.73. The van der Waals surface area contributed by atoms with Crippen molar-refractivity contribution in [1.29, 1.82) is 0 Å². The molecule has 0 aliphatic carbocycles. The number of hydrogen-bond donors (Lipinski definition) is 1. The van der Waals surface area contributed by atoms with Gasteiger partial charge in [0.1, 0.15) is 11.9 Å². The molecule has 0 saturated carbocycles. The number of fused-ring (bicyclic) bond motifs is 1. The van der Waals surface area contributed by atoms with E-state index in [-0.39, 0.29) is 0 Å². The van der Waals surface area contributed by atoms with Crippen LogP contribution in [-0.2, 0) is 12.2 Å². The predicted molar refractivity (Wildman–Crippen MR) is 93.6 cm³/mol. The summed E-state index contributed by atoms with van der Waals surface area (Å²) in [5.74, 6) is 3.08. The van der Waals surface area contributed by atoms with Crippen LogP contribution in [0.15, 0.2) is 28.7 Å². The van der Waals surface area contributed by atoms with Crippen LogP contribution in [0.5, 0.6) is 5.75 Å². The maximum Gasteiger partial charge on any atom is 0.133 e. The Kier molecular flexibility index (Phi) is 4.94. The summed E-state index contributed by atoms with van der Waals surface area (Å²) >= 11 is 7.23. The van der Waals surface area contributed by atoms with Crippen molar-refractivity contribution >= 4 is 39.0 Å². The van der Waals surface area contributed by atoms with E-state index in [4.69, 9.17) is 4.74 Å². The lowest BCUT2D eigenvalue weighted by molar-refractivity contribution is 0.224. The molecule has 0 radical (unpaired) electrons. The molecule has 1 aromatic carbocycles. The molecular weight excluding hydrogens is 368 g/mol. The molecule has 112 valence electrons. The highest BCUT2D eigenvalue weighted by Crippen LogP contribution is 2.38. The van der Waals surface area contributed by atoms with E-state index in [1.54, 1.807) is 11.3 Å². The minimum absolute atomic E-state index is 0.558. The van der Waals surface area contributed by atoms with Crippen LogP contribution in [0.2, 0.25) is 0 Å². The Hall–Kier alpha value is -0.490. The first-order valence-corrected chi connectivity index (χ1v) is 9.75. The van der Waals surface area contributed by atoms with Crippen LogP contribution in [0.4, 0.5) is 0 Å². The van der Waals surface area contributed by atoms with Crippen LogP contribution >= 0.6 is 39.0 Å². The van der Waals surface area contributed by atoms with Gasteiger partial charge in [0, 0.05) is 15.5 Å². The van der Waals surface area contributed by atoms with Crippen LogP contribution in [0.25, 0.3) is 0 Å². The predicted octanol–water partition coefficient (Wildman–Crippen LogP) is 4.78. The molecule has 3 rings (SSSR count). The number of hydrogen-bond acceptors (Lipinski definition) is 4. The Morgan fingerprint density at radius 3 is 2.95 bits per heavy atom. The molecule has 2 aromatic rings. The van der Waals surface area contributed by atoms with Crippen molar-refractivity contribution in [2.24, 2.45) is 0 Å². The first-order chi connectivity index (χ1) is 10.2. The number of aliphatic hydroxyl groups excluding tert-OH is 1. The molecule has 0 bridgehead atoms. The van der Waals surface area contributed by atoms with E-state index in [1.165, 1.54) is 16.2 Å². The molecule has 0 spiro atoms. The lowest BCUT2D eigenvalue weighted by Crippen LogP contribution is -1.99. The van der Waals surface area contributed by atoms with Crippen molar-refractivity contribution in [2.45, 2.75) is 25.2 Å². The van der Waals surface area contributed by atoms with Gasteiger partial charge in [-0.2, -0.15) is 11.8 Å². The van der Waals surface area contributed by atoms with E-state index in [0.29, 0.717) is 6.61 Å². The molecule has 2 nitrogen and oxygen atoms in total. The SMILES string of the molecule is CCOc1ccc(C(O)c2cc3c(s2)CCSC3)cc1Br. The van der Waals surface area contributed by atoms with Crippen molar-refractivity contribution in [3.63, 3.8) is 0 Å². The van der Waals surface area contributed by atoms with Gasteiger partial charge in [-0.05, 0) is 64.4 Å². The Morgan fingerprint density at radius 2 is 2.24 bits per heavy atom. The molecule has 1 unspecified atom stereocenters. The van der Waals surface area contributed by atoms with Gasteiger partial charge in [-0.25, -0.2) is 0 Å². The minimum atomic E-state index is -0.558. The fourth-order valence-corrected chi connectivity index (χ4v) is 5.33. The number of thioether (sulfide) groups is 1. The summed E-state index contributed by atoms with van der Waals surface area (Å²) in [6.45, 7) is 2.60. The third kappa shape index (κ3) is 3.31.